The van der Waals surface area contributed by atoms with Crippen molar-refractivity contribution in [1.82, 2.24) is 5.32 Å². The van der Waals surface area contributed by atoms with Crippen molar-refractivity contribution in [1.29, 1.82) is 0 Å². The maximum absolute atomic E-state index is 12.4. The zero-order chi connectivity index (χ0) is 45.8. The maximum atomic E-state index is 12.4. The van der Waals surface area contributed by atoms with Crippen molar-refractivity contribution < 1.29 is 24.5 Å². The van der Waals surface area contributed by atoms with Gasteiger partial charge in [-0.2, -0.15) is 0 Å². The third-order valence-corrected chi connectivity index (χ3v) is 12.7. The summed E-state index contributed by atoms with van der Waals surface area (Å²) >= 11 is 0. The van der Waals surface area contributed by atoms with Crippen LogP contribution in [0.1, 0.15) is 290 Å². The third kappa shape index (κ3) is 49.4. The van der Waals surface area contributed by atoms with E-state index in [2.05, 4.69) is 55.6 Å². The van der Waals surface area contributed by atoms with Crippen LogP contribution in [0, 0.1) is 0 Å². The van der Waals surface area contributed by atoms with E-state index in [1.54, 1.807) is 0 Å². The normalized spacial score (nSPS) is 12.9. The standard InChI is InChI=1S/C57H107NO5/c1-3-5-7-9-11-13-15-27-31-35-39-43-47-51-57(62)63-52-48-44-40-36-32-29-26-24-22-20-18-16-17-19-21-23-25-28-30-34-38-42-46-50-56(61)58-54(53-59)55(60)49-45-41-37-33-14-12-10-8-6-4-2/h13,15-16,18-19,21,54-55,59-60H,3-12,14,17,20,22-53H2,1-2H3,(H,58,61)/b15-13-,18-16-,21-19-. The molecule has 0 radical (unpaired) electrons. The second-order valence-electron chi connectivity index (χ2n) is 18.9. The van der Waals surface area contributed by atoms with Gasteiger partial charge in [0, 0.05) is 12.8 Å². The number of hydrogen-bond donors (Lipinski definition) is 3. The van der Waals surface area contributed by atoms with E-state index in [1.807, 2.05) is 0 Å². The molecule has 1 amide bonds. The molecule has 0 spiro atoms. The van der Waals surface area contributed by atoms with Crippen molar-refractivity contribution in [3.05, 3.63) is 36.5 Å². The van der Waals surface area contributed by atoms with E-state index >= 15 is 0 Å². The number of aliphatic hydroxyl groups excluding tert-OH is 2. The van der Waals surface area contributed by atoms with Crippen LogP contribution in [-0.4, -0.2) is 47.4 Å². The van der Waals surface area contributed by atoms with Crippen LogP contribution in [0.2, 0.25) is 0 Å². The Morgan fingerprint density at radius 1 is 0.444 bits per heavy atom. The molecule has 2 unspecified atom stereocenters. The Balaban J connectivity index is 3.44. The predicted octanol–water partition coefficient (Wildman–Crippen LogP) is 16.9. The summed E-state index contributed by atoms with van der Waals surface area (Å²) in [6.45, 7) is 4.91. The molecule has 6 heteroatoms. The molecule has 0 fully saturated rings. The highest BCUT2D eigenvalue weighted by Crippen LogP contribution is 2.16. The lowest BCUT2D eigenvalue weighted by molar-refractivity contribution is -0.143. The molecule has 0 aromatic rings. The minimum Gasteiger partial charge on any atom is -0.466 e. The van der Waals surface area contributed by atoms with Crippen LogP contribution >= 0.6 is 0 Å². The van der Waals surface area contributed by atoms with Crippen molar-refractivity contribution >= 4 is 11.9 Å². The van der Waals surface area contributed by atoms with Crippen molar-refractivity contribution in [2.24, 2.45) is 0 Å². The van der Waals surface area contributed by atoms with Gasteiger partial charge in [-0.15, -0.1) is 0 Å². The van der Waals surface area contributed by atoms with Gasteiger partial charge in [0.15, 0.2) is 0 Å². The molecule has 0 aliphatic carbocycles. The van der Waals surface area contributed by atoms with E-state index in [9.17, 15) is 19.8 Å². The summed E-state index contributed by atoms with van der Waals surface area (Å²) < 4.78 is 5.46. The monoisotopic (exact) mass is 886 g/mol. The number of carbonyl (C=O) groups excluding carboxylic acids is 2. The van der Waals surface area contributed by atoms with E-state index in [0.717, 1.165) is 57.8 Å². The van der Waals surface area contributed by atoms with Gasteiger partial charge in [-0.05, 0) is 83.5 Å². The molecule has 0 aromatic carbocycles. The van der Waals surface area contributed by atoms with Gasteiger partial charge in [0.25, 0.3) is 0 Å². The lowest BCUT2D eigenvalue weighted by Crippen LogP contribution is -2.45. The van der Waals surface area contributed by atoms with Crippen LogP contribution in [0.4, 0.5) is 0 Å². The van der Waals surface area contributed by atoms with E-state index in [0.29, 0.717) is 25.9 Å². The Morgan fingerprint density at radius 2 is 0.794 bits per heavy atom. The Hall–Kier alpha value is -1.92. The first-order valence-corrected chi connectivity index (χ1v) is 27.7. The summed E-state index contributed by atoms with van der Waals surface area (Å²) in [6.07, 6.45) is 64.2. The third-order valence-electron chi connectivity index (χ3n) is 12.7. The molecule has 0 aliphatic heterocycles. The van der Waals surface area contributed by atoms with Crippen LogP contribution in [0.15, 0.2) is 36.5 Å². The van der Waals surface area contributed by atoms with Gasteiger partial charge in [-0.3, -0.25) is 9.59 Å². The summed E-state index contributed by atoms with van der Waals surface area (Å²) in [5, 5.41) is 23.1. The molecular formula is C57H107NO5. The van der Waals surface area contributed by atoms with E-state index < -0.39 is 12.1 Å². The summed E-state index contributed by atoms with van der Waals surface area (Å²) in [5.74, 6) is -0.0503. The number of nitrogens with one attached hydrogen (secondary N) is 1. The molecular weight excluding hydrogens is 779 g/mol. The highest BCUT2D eigenvalue weighted by molar-refractivity contribution is 5.76. The molecule has 6 nitrogen and oxygen atoms in total. The predicted molar refractivity (Wildman–Crippen MR) is 273 cm³/mol. The fourth-order valence-electron chi connectivity index (χ4n) is 8.37. The minimum absolute atomic E-state index is 0.00274. The molecule has 0 heterocycles. The number of esters is 1. The molecule has 0 aromatic heterocycles. The van der Waals surface area contributed by atoms with Gasteiger partial charge in [0.1, 0.15) is 0 Å². The first-order chi connectivity index (χ1) is 31.0. The van der Waals surface area contributed by atoms with Crippen molar-refractivity contribution in [3.8, 4) is 0 Å². The molecule has 3 N–H and O–H groups in total. The fraction of sp³-hybridized carbons (Fsp3) is 0.860. The lowest BCUT2D eigenvalue weighted by Gasteiger charge is -2.22. The Bertz CT molecular complexity index is 1020. The van der Waals surface area contributed by atoms with Crippen LogP contribution in [-0.2, 0) is 14.3 Å². The number of ether oxygens (including phenoxy) is 1. The quantitative estimate of drug-likeness (QED) is 0.0321. The summed E-state index contributed by atoms with van der Waals surface area (Å²) in [4.78, 5) is 24.4. The number of aliphatic hydroxyl groups is 2. The van der Waals surface area contributed by atoms with Gasteiger partial charge in [-0.25, -0.2) is 0 Å². The molecule has 0 rings (SSSR count). The zero-order valence-electron chi connectivity index (χ0n) is 42.1. The number of allylic oxidation sites excluding steroid dienone is 6. The highest BCUT2D eigenvalue weighted by atomic mass is 16.5. The number of rotatable bonds is 51. The summed E-state index contributed by atoms with van der Waals surface area (Å²) in [6, 6.07) is -0.547. The van der Waals surface area contributed by atoms with E-state index in [4.69, 9.17) is 4.74 Å². The van der Waals surface area contributed by atoms with Gasteiger partial charge in [0.2, 0.25) is 5.91 Å². The Morgan fingerprint density at radius 3 is 1.24 bits per heavy atom. The molecule has 0 saturated heterocycles. The van der Waals surface area contributed by atoms with E-state index in [1.165, 1.54) is 199 Å². The largest absolute Gasteiger partial charge is 0.466 e. The molecule has 0 aliphatic rings. The zero-order valence-corrected chi connectivity index (χ0v) is 42.1. The number of hydrogen-bond acceptors (Lipinski definition) is 5. The highest BCUT2D eigenvalue weighted by Gasteiger charge is 2.20. The maximum Gasteiger partial charge on any atom is 0.305 e. The molecule has 370 valence electrons. The number of amides is 1. The van der Waals surface area contributed by atoms with Crippen molar-refractivity contribution in [3.63, 3.8) is 0 Å². The Labute approximate surface area is 392 Å². The van der Waals surface area contributed by atoms with Crippen molar-refractivity contribution in [2.75, 3.05) is 13.2 Å². The van der Waals surface area contributed by atoms with Gasteiger partial charge >= 0.3 is 5.97 Å². The first-order valence-electron chi connectivity index (χ1n) is 27.7. The minimum atomic E-state index is -0.669. The molecule has 63 heavy (non-hydrogen) atoms. The van der Waals surface area contributed by atoms with Gasteiger partial charge in [-0.1, -0.05) is 230 Å². The lowest BCUT2D eigenvalue weighted by atomic mass is 10.0. The average Bonchev–Trinajstić information content (AvgIpc) is 3.28. The first kappa shape index (κ1) is 61.1. The van der Waals surface area contributed by atoms with Gasteiger partial charge in [0.05, 0.1) is 25.4 Å². The second kappa shape index (κ2) is 52.7. The summed E-state index contributed by atoms with van der Waals surface area (Å²) in [7, 11) is 0. The molecule has 0 saturated carbocycles. The molecule has 0 bridgehead atoms. The second-order valence-corrected chi connectivity index (χ2v) is 18.9. The van der Waals surface area contributed by atoms with Crippen molar-refractivity contribution in [2.45, 2.75) is 302 Å². The summed E-state index contributed by atoms with van der Waals surface area (Å²) in [5.41, 5.74) is 0. The van der Waals surface area contributed by atoms with Crippen LogP contribution in [0.5, 0.6) is 0 Å². The SMILES string of the molecule is CCCCCC/C=C\CCCCCCCC(=O)OCCCCCCCCCCC/C=C\C/C=C\CCCCCCCCCC(=O)NC(CO)C(O)CCCCCCCCCCCC. The van der Waals surface area contributed by atoms with Crippen LogP contribution in [0.25, 0.3) is 0 Å². The number of carbonyl (C=O) groups is 2. The average molecular weight is 886 g/mol. The topological polar surface area (TPSA) is 95.9 Å². The fourth-order valence-corrected chi connectivity index (χ4v) is 8.37. The van der Waals surface area contributed by atoms with Crippen LogP contribution in [0.3, 0.4) is 0 Å². The Kier molecular flexibility index (Phi) is 51.1. The van der Waals surface area contributed by atoms with Crippen LogP contribution < -0.4 is 5.32 Å². The van der Waals surface area contributed by atoms with E-state index in [-0.39, 0.29) is 18.5 Å². The molecule has 2 atom stereocenters. The smallest absolute Gasteiger partial charge is 0.305 e. The van der Waals surface area contributed by atoms with Gasteiger partial charge < -0.3 is 20.3 Å². The number of unbranched alkanes of at least 4 members (excludes halogenated alkanes) is 34.